The van der Waals surface area contributed by atoms with Crippen LogP contribution in [0.1, 0.15) is 13.0 Å². The minimum atomic E-state index is -0.308. The molecule has 2 aromatic carbocycles. The van der Waals surface area contributed by atoms with Gasteiger partial charge in [0.25, 0.3) is 5.91 Å². The molecule has 0 aliphatic carbocycles. The predicted molar refractivity (Wildman–Crippen MR) is 99.6 cm³/mol. The average molecular weight is 382 g/mol. The molecule has 0 saturated heterocycles. The molecular formula is C20H18BrN2O+. The van der Waals surface area contributed by atoms with Crippen LogP contribution in [0.5, 0.6) is 0 Å². The van der Waals surface area contributed by atoms with Crippen LogP contribution < -0.4 is 9.88 Å². The van der Waals surface area contributed by atoms with Gasteiger partial charge in [-0.1, -0.05) is 46.3 Å². The summed E-state index contributed by atoms with van der Waals surface area (Å²) in [6.45, 7) is 1.89. The van der Waals surface area contributed by atoms with E-state index in [9.17, 15) is 4.79 Å². The second-order valence-electron chi connectivity index (χ2n) is 5.58. The summed E-state index contributed by atoms with van der Waals surface area (Å²) in [6, 6.07) is 21.4. The van der Waals surface area contributed by atoms with E-state index in [-0.39, 0.29) is 11.9 Å². The summed E-state index contributed by atoms with van der Waals surface area (Å²) in [5.41, 5.74) is 3.00. The van der Waals surface area contributed by atoms with Crippen LogP contribution in [0, 0.1) is 0 Å². The smallest absolute Gasteiger partial charge is 0.293 e. The minimum absolute atomic E-state index is 0.0486. The zero-order valence-electron chi connectivity index (χ0n) is 13.3. The molecule has 1 heterocycles. The Kier molecular flexibility index (Phi) is 5.06. The largest absolute Gasteiger partial charge is 0.320 e. The van der Waals surface area contributed by atoms with Gasteiger partial charge in [0.05, 0.1) is 0 Å². The van der Waals surface area contributed by atoms with E-state index >= 15 is 0 Å². The first-order chi connectivity index (χ1) is 11.6. The highest BCUT2D eigenvalue weighted by Gasteiger charge is 2.22. The molecule has 0 spiro atoms. The number of hydrogen-bond acceptors (Lipinski definition) is 1. The van der Waals surface area contributed by atoms with Gasteiger partial charge in [-0.3, -0.25) is 4.79 Å². The van der Waals surface area contributed by atoms with Crippen molar-refractivity contribution < 1.29 is 9.36 Å². The van der Waals surface area contributed by atoms with Gasteiger partial charge in [-0.2, -0.15) is 4.57 Å². The maximum atomic E-state index is 12.5. The van der Waals surface area contributed by atoms with Crippen molar-refractivity contribution in [2.24, 2.45) is 0 Å². The molecule has 0 bridgehead atoms. The lowest BCUT2D eigenvalue weighted by Crippen LogP contribution is -2.44. The molecule has 0 unspecified atom stereocenters. The molecule has 3 rings (SSSR count). The average Bonchev–Trinajstić information content (AvgIpc) is 2.64. The van der Waals surface area contributed by atoms with Crippen LogP contribution in [0.3, 0.4) is 0 Å². The maximum Gasteiger partial charge on any atom is 0.293 e. The van der Waals surface area contributed by atoms with Crippen LogP contribution in [0.2, 0.25) is 0 Å². The number of benzene rings is 2. The Morgan fingerprint density at radius 1 is 0.958 bits per heavy atom. The van der Waals surface area contributed by atoms with Crippen LogP contribution in [0.15, 0.2) is 83.6 Å². The van der Waals surface area contributed by atoms with E-state index in [4.69, 9.17) is 0 Å². The van der Waals surface area contributed by atoms with Crippen LogP contribution in [0.4, 0.5) is 5.69 Å². The normalized spacial score (nSPS) is 11.8. The molecule has 120 valence electrons. The molecule has 4 heteroatoms. The molecule has 1 N–H and O–H groups in total. The molecule has 0 aliphatic rings. The summed E-state index contributed by atoms with van der Waals surface area (Å²) in [6.07, 6.45) is 3.92. The molecule has 1 aromatic heterocycles. The van der Waals surface area contributed by atoms with Crippen molar-refractivity contribution >= 4 is 27.5 Å². The number of pyridine rings is 1. The summed E-state index contributed by atoms with van der Waals surface area (Å²) < 4.78 is 2.91. The Morgan fingerprint density at radius 2 is 1.62 bits per heavy atom. The second kappa shape index (κ2) is 7.41. The van der Waals surface area contributed by atoms with Crippen molar-refractivity contribution in [3.63, 3.8) is 0 Å². The fraction of sp³-hybridized carbons (Fsp3) is 0.100. The SMILES string of the molecule is C[C@@H](C(=O)Nc1ccc(Br)cc1)[n+]1cccc(-c2ccccc2)c1. The molecule has 0 saturated carbocycles. The molecule has 1 atom stereocenters. The van der Waals surface area contributed by atoms with Crippen molar-refractivity contribution in [2.75, 3.05) is 5.32 Å². The summed E-state index contributed by atoms with van der Waals surface area (Å²) >= 11 is 3.39. The van der Waals surface area contributed by atoms with Gasteiger partial charge < -0.3 is 5.32 Å². The fourth-order valence-electron chi connectivity index (χ4n) is 2.45. The third kappa shape index (κ3) is 3.89. The van der Waals surface area contributed by atoms with Gasteiger partial charge >= 0.3 is 0 Å². The topological polar surface area (TPSA) is 33.0 Å². The van der Waals surface area contributed by atoms with Gasteiger partial charge in [0, 0.05) is 28.7 Å². The van der Waals surface area contributed by atoms with E-state index < -0.39 is 0 Å². The first-order valence-electron chi connectivity index (χ1n) is 7.76. The first kappa shape index (κ1) is 16.4. The monoisotopic (exact) mass is 381 g/mol. The van der Waals surface area contributed by atoms with E-state index in [0.717, 1.165) is 21.3 Å². The van der Waals surface area contributed by atoms with Crippen molar-refractivity contribution in [3.05, 3.63) is 83.6 Å². The Morgan fingerprint density at radius 3 is 2.33 bits per heavy atom. The molecular weight excluding hydrogens is 364 g/mol. The number of halogens is 1. The highest BCUT2D eigenvalue weighted by atomic mass is 79.9. The molecule has 3 aromatic rings. The standard InChI is InChI=1S/C20H17BrN2O/c1-15(20(24)22-19-11-9-18(21)10-12-19)23-13-5-8-17(14-23)16-6-3-2-4-7-16/h2-15H,1H3/p+1/t15-/m0/s1. The fourth-order valence-corrected chi connectivity index (χ4v) is 2.71. The number of nitrogens with zero attached hydrogens (tertiary/aromatic N) is 1. The van der Waals surface area contributed by atoms with E-state index in [1.54, 1.807) is 0 Å². The van der Waals surface area contributed by atoms with Gasteiger partial charge in [-0.25, -0.2) is 0 Å². The lowest BCUT2D eigenvalue weighted by Gasteiger charge is -2.10. The van der Waals surface area contributed by atoms with Crippen LogP contribution in [-0.2, 0) is 4.79 Å². The van der Waals surface area contributed by atoms with Gasteiger partial charge in [0.2, 0.25) is 6.04 Å². The number of anilines is 1. The number of carbonyl (C=O) groups excluding carboxylic acids is 1. The van der Waals surface area contributed by atoms with E-state index in [1.807, 2.05) is 78.5 Å². The lowest BCUT2D eigenvalue weighted by molar-refractivity contribution is -0.705. The molecule has 0 radical (unpaired) electrons. The Balaban J connectivity index is 1.78. The van der Waals surface area contributed by atoms with Gasteiger partial charge in [0.15, 0.2) is 12.4 Å². The summed E-state index contributed by atoms with van der Waals surface area (Å²) in [7, 11) is 0. The van der Waals surface area contributed by atoms with Crippen molar-refractivity contribution in [2.45, 2.75) is 13.0 Å². The third-order valence-electron chi connectivity index (χ3n) is 3.87. The molecule has 3 nitrogen and oxygen atoms in total. The van der Waals surface area contributed by atoms with Gasteiger partial charge in [-0.05, 0) is 35.9 Å². The summed E-state index contributed by atoms with van der Waals surface area (Å²) in [5.74, 6) is -0.0486. The maximum absolute atomic E-state index is 12.5. The Bertz CT molecular complexity index is 832. The van der Waals surface area contributed by atoms with E-state index in [0.29, 0.717) is 0 Å². The second-order valence-corrected chi connectivity index (χ2v) is 6.49. The number of amides is 1. The number of hydrogen-bond donors (Lipinski definition) is 1. The van der Waals surface area contributed by atoms with Crippen molar-refractivity contribution in [1.29, 1.82) is 0 Å². The lowest BCUT2D eigenvalue weighted by atomic mass is 10.1. The Hall–Kier alpha value is -2.46. The highest BCUT2D eigenvalue weighted by molar-refractivity contribution is 9.10. The van der Waals surface area contributed by atoms with Crippen LogP contribution in [-0.4, -0.2) is 5.91 Å². The Labute approximate surface area is 150 Å². The first-order valence-corrected chi connectivity index (χ1v) is 8.55. The van der Waals surface area contributed by atoms with Gasteiger partial charge in [0.1, 0.15) is 0 Å². The number of nitrogens with one attached hydrogen (secondary N) is 1. The number of aromatic nitrogens is 1. The molecule has 24 heavy (non-hydrogen) atoms. The minimum Gasteiger partial charge on any atom is -0.320 e. The van der Waals surface area contributed by atoms with E-state index in [1.165, 1.54) is 0 Å². The third-order valence-corrected chi connectivity index (χ3v) is 4.40. The van der Waals surface area contributed by atoms with Crippen molar-refractivity contribution in [1.82, 2.24) is 0 Å². The van der Waals surface area contributed by atoms with Crippen LogP contribution >= 0.6 is 15.9 Å². The van der Waals surface area contributed by atoms with Crippen LogP contribution in [0.25, 0.3) is 11.1 Å². The van der Waals surface area contributed by atoms with E-state index in [2.05, 4.69) is 33.4 Å². The molecule has 0 aliphatic heterocycles. The highest BCUT2D eigenvalue weighted by Crippen LogP contribution is 2.18. The van der Waals surface area contributed by atoms with Crippen molar-refractivity contribution in [3.8, 4) is 11.1 Å². The summed E-state index contributed by atoms with van der Waals surface area (Å²) in [5, 5.41) is 2.95. The molecule has 1 amide bonds. The quantitative estimate of drug-likeness (QED) is 0.658. The number of rotatable bonds is 4. The predicted octanol–water partition coefficient (Wildman–Crippen LogP) is 4.60. The zero-order chi connectivity index (χ0) is 16.9. The summed E-state index contributed by atoms with van der Waals surface area (Å²) in [4.78, 5) is 12.5. The zero-order valence-corrected chi connectivity index (χ0v) is 14.9. The number of carbonyl (C=O) groups is 1. The molecule has 0 fully saturated rings. The van der Waals surface area contributed by atoms with Gasteiger partial charge in [-0.15, -0.1) is 0 Å².